The van der Waals surface area contributed by atoms with Crippen LogP contribution in [0.4, 0.5) is 0 Å². The van der Waals surface area contributed by atoms with E-state index in [1.807, 2.05) is 6.07 Å². The fraction of sp³-hybridized carbons (Fsp3) is 0.619. The molecule has 0 spiro atoms. The molecule has 4 rings (SSSR count). The second-order valence-electron chi connectivity index (χ2n) is 7.94. The highest BCUT2D eigenvalue weighted by Gasteiger charge is 2.52. The standard InChI is InChI=1S/C21H27NO3/c1-25-17-7-6-16-12-19-20(24)21(18(16)13-17,8-2-3-11-23)9-10-22(19)14-15-4-5-15/h6-7,11,13,15,19H,2-5,8-10,12,14H2,1H3/t19-,21+/m1/s1. The minimum Gasteiger partial charge on any atom is -0.497 e. The molecule has 0 unspecified atom stereocenters. The zero-order chi connectivity index (χ0) is 17.4. The molecule has 2 aliphatic carbocycles. The number of rotatable bonds is 7. The van der Waals surface area contributed by atoms with Crippen molar-refractivity contribution in [2.24, 2.45) is 5.92 Å². The average molecular weight is 341 g/mol. The molecule has 2 atom stereocenters. The summed E-state index contributed by atoms with van der Waals surface area (Å²) >= 11 is 0. The maximum Gasteiger partial charge on any atom is 0.160 e. The van der Waals surface area contributed by atoms with E-state index in [1.165, 1.54) is 18.4 Å². The minimum atomic E-state index is -0.421. The van der Waals surface area contributed by atoms with E-state index in [9.17, 15) is 9.59 Å². The van der Waals surface area contributed by atoms with E-state index in [1.54, 1.807) is 7.11 Å². The molecule has 2 fully saturated rings. The number of aldehydes is 1. The Bertz CT molecular complexity index is 682. The normalized spacial score (nSPS) is 28.5. The van der Waals surface area contributed by atoms with Crippen molar-refractivity contribution in [2.75, 3.05) is 20.2 Å². The number of Topliss-reactive ketones (excluding diaryl/α,β-unsaturated/α-hetero) is 1. The molecular formula is C21H27NO3. The summed E-state index contributed by atoms with van der Waals surface area (Å²) in [5.41, 5.74) is 2.03. The predicted octanol–water partition coefficient (Wildman–Crippen LogP) is 2.91. The van der Waals surface area contributed by atoms with Crippen LogP contribution in [0.3, 0.4) is 0 Å². The Labute approximate surface area is 149 Å². The van der Waals surface area contributed by atoms with Crippen LogP contribution in [0.5, 0.6) is 5.75 Å². The molecule has 4 heteroatoms. The van der Waals surface area contributed by atoms with Gasteiger partial charge in [-0.05, 0) is 67.7 Å². The summed E-state index contributed by atoms with van der Waals surface area (Å²) < 4.78 is 5.43. The number of ether oxygens (including phenoxy) is 1. The largest absolute Gasteiger partial charge is 0.497 e. The van der Waals surface area contributed by atoms with Gasteiger partial charge in [-0.25, -0.2) is 0 Å². The fourth-order valence-corrected chi connectivity index (χ4v) is 4.82. The van der Waals surface area contributed by atoms with Gasteiger partial charge in [0.05, 0.1) is 18.6 Å². The first-order valence-corrected chi connectivity index (χ1v) is 9.57. The van der Waals surface area contributed by atoms with Crippen LogP contribution in [0.2, 0.25) is 0 Å². The Kier molecular flexibility index (Phi) is 4.40. The van der Waals surface area contributed by atoms with Gasteiger partial charge in [0.15, 0.2) is 5.78 Å². The molecular weight excluding hydrogens is 314 g/mol. The van der Waals surface area contributed by atoms with Crippen LogP contribution < -0.4 is 4.74 Å². The van der Waals surface area contributed by atoms with Gasteiger partial charge in [0.2, 0.25) is 0 Å². The number of hydrogen-bond donors (Lipinski definition) is 0. The van der Waals surface area contributed by atoms with E-state index in [4.69, 9.17) is 4.74 Å². The molecule has 1 saturated heterocycles. The van der Waals surface area contributed by atoms with Gasteiger partial charge in [-0.3, -0.25) is 9.69 Å². The number of piperidine rings is 1. The van der Waals surface area contributed by atoms with Crippen molar-refractivity contribution in [3.8, 4) is 5.75 Å². The molecule has 1 saturated carbocycles. The summed E-state index contributed by atoms with van der Waals surface area (Å²) in [4.78, 5) is 26.8. The third kappa shape index (κ3) is 2.91. The molecule has 1 aliphatic heterocycles. The molecule has 2 bridgehead atoms. The molecule has 0 amide bonds. The maximum atomic E-state index is 13.5. The minimum absolute atomic E-state index is 0.0199. The van der Waals surface area contributed by atoms with Gasteiger partial charge in [-0.1, -0.05) is 6.07 Å². The Morgan fingerprint density at radius 1 is 1.36 bits per heavy atom. The van der Waals surface area contributed by atoms with Gasteiger partial charge in [0, 0.05) is 19.5 Å². The molecule has 1 aromatic carbocycles. The summed E-state index contributed by atoms with van der Waals surface area (Å²) in [6.07, 6.45) is 7.38. The first-order chi connectivity index (χ1) is 12.2. The maximum absolute atomic E-state index is 13.5. The van der Waals surface area contributed by atoms with Crippen molar-refractivity contribution >= 4 is 12.1 Å². The van der Waals surface area contributed by atoms with Crippen molar-refractivity contribution in [1.82, 2.24) is 4.90 Å². The second-order valence-corrected chi connectivity index (χ2v) is 7.94. The summed E-state index contributed by atoms with van der Waals surface area (Å²) in [5, 5.41) is 0. The third-order valence-electron chi connectivity index (χ3n) is 6.40. The topological polar surface area (TPSA) is 46.6 Å². The lowest BCUT2D eigenvalue weighted by Gasteiger charge is -2.50. The molecule has 1 aromatic rings. The smallest absolute Gasteiger partial charge is 0.160 e. The van der Waals surface area contributed by atoms with Crippen LogP contribution in [-0.4, -0.2) is 43.2 Å². The Morgan fingerprint density at radius 3 is 2.92 bits per heavy atom. The van der Waals surface area contributed by atoms with E-state index in [2.05, 4.69) is 17.0 Å². The highest BCUT2D eigenvalue weighted by atomic mass is 16.5. The SMILES string of the molecule is COc1ccc2c(c1)[C@]1(CCCC=O)CCN(CC3CC3)[C@H](C2)C1=O. The van der Waals surface area contributed by atoms with Gasteiger partial charge < -0.3 is 9.53 Å². The number of fused-ring (bicyclic) bond motifs is 4. The monoisotopic (exact) mass is 341 g/mol. The quantitative estimate of drug-likeness (QED) is 0.565. The van der Waals surface area contributed by atoms with E-state index in [0.29, 0.717) is 12.2 Å². The van der Waals surface area contributed by atoms with E-state index >= 15 is 0 Å². The summed E-state index contributed by atoms with van der Waals surface area (Å²) in [7, 11) is 1.67. The van der Waals surface area contributed by atoms with E-state index in [-0.39, 0.29) is 6.04 Å². The molecule has 25 heavy (non-hydrogen) atoms. The fourth-order valence-electron chi connectivity index (χ4n) is 4.82. The van der Waals surface area contributed by atoms with Crippen molar-refractivity contribution in [3.63, 3.8) is 0 Å². The molecule has 134 valence electrons. The lowest BCUT2D eigenvalue weighted by Crippen LogP contribution is -2.61. The average Bonchev–Trinajstić information content (AvgIpc) is 3.43. The van der Waals surface area contributed by atoms with Gasteiger partial charge >= 0.3 is 0 Å². The highest BCUT2D eigenvalue weighted by molar-refractivity contribution is 5.97. The zero-order valence-electron chi connectivity index (χ0n) is 15.0. The number of methoxy groups -OCH3 is 1. The summed E-state index contributed by atoms with van der Waals surface area (Å²) in [6, 6.07) is 6.24. The Morgan fingerprint density at radius 2 is 2.20 bits per heavy atom. The first kappa shape index (κ1) is 16.8. The molecule has 3 aliphatic rings. The van der Waals surface area contributed by atoms with Crippen LogP contribution in [-0.2, 0) is 21.4 Å². The van der Waals surface area contributed by atoms with Crippen LogP contribution >= 0.6 is 0 Å². The number of unbranched alkanes of at least 4 members (excludes halogenated alkanes) is 1. The molecule has 1 heterocycles. The second kappa shape index (κ2) is 6.56. The summed E-state index contributed by atoms with van der Waals surface area (Å²) in [5.74, 6) is 2.00. The highest BCUT2D eigenvalue weighted by Crippen LogP contribution is 2.47. The third-order valence-corrected chi connectivity index (χ3v) is 6.40. The van der Waals surface area contributed by atoms with Crippen LogP contribution in [0, 0.1) is 5.92 Å². The lowest BCUT2D eigenvalue weighted by molar-refractivity contribution is -0.136. The van der Waals surface area contributed by atoms with E-state index in [0.717, 1.165) is 62.3 Å². The van der Waals surface area contributed by atoms with E-state index < -0.39 is 5.41 Å². The molecule has 0 radical (unpaired) electrons. The Hall–Kier alpha value is -1.68. The van der Waals surface area contributed by atoms with Crippen molar-refractivity contribution in [3.05, 3.63) is 29.3 Å². The number of likely N-dealkylation sites (tertiary alicyclic amines) is 1. The van der Waals surface area contributed by atoms with Gasteiger partial charge in [-0.2, -0.15) is 0 Å². The van der Waals surface area contributed by atoms with Gasteiger partial charge in [0.1, 0.15) is 12.0 Å². The molecule has 0 N–H and O–H groups in total. The number of nitrogens with zero attached hydrogens (tertiary/aromatic N) is 1. The van der Waals surface area contributed by atoms with Crippen LogP contribution in [0.15, 0.2) is 18.2 Å². The van der Waals surface area contributed by atoms with Crippen molar-refractivity contribution in [1.29, 1.82) is 0 Å². The van der Waals surface area contributed by atoms with Gasteiger partial charge in [0.25, 0.3) is 0 Å². The number of carbonyl (C=O) groups excluding carboxylic acids is 2. The first-order valence-electron chi connectivity index (χ1n) is 9.57. The summed E-state index contributed by atoms with van der Waals surface area (Å²) in [6.45, 7) is 2.07. The van der Waals surface area contributed by atoms with Gasteiger partial charge in [-0.15, -0.1) is 0 Å². The van der Waals surface area contributed by atoms with Crippen molar-refractivity contribution < 1.29 is 14.3 Å². The number of hydrogen-bond acceptors (Lipinski definition) is 4. The number of ketones is 1. The van der Waals surface area contributed by atoms with Crippen molar-refractivity contribution in [2.45, 2.75) is 56.4 Å². The number of carbonyl (C=O) groups is 2. The molecule has 0 aromatic heterocycles. The predicted molar refractivity (Wildman–Crippen MR) is 96.0 cm³/mol. The van der Waals surface area contributed by atoms with Crippen LogP contribution in [0.1, 0.15) is 49.7 Å². The lowest BCUT2D eigenvalue weighted by atomic mass is 9.60. The number of benzene rings is 1. The molecule has 4 nitrogen and oxygen atoms in total. The zero-order valence-corrected chi connectivity index (χ0v) is 15.0. The Balaban J connectivity index is 1.70. The van der Waals surface area contributed by atoms with Crippen LogP contribution in [0.25, 0.3) is 0 Å².